The van der Waals surface area contributed by atoms with Crippen molar-refractivity contribution in [3.05, 3.63) is 48.0 Å². The first-order valence-electron chi connectivity index (χ1n) is 9.49. The van der Waals surface area contributed by atoms with E-state index in [1.54, 1.807) is 6.07 Å². The lowest BCUT2D eigenvalue weighted by Crippen LogP contribution is -2.25. The number of aryl methyl sites for hydroxylation is 1. The number of thioether (sulfide) groups is 1. The molecule has 0 spiro atoms. The number of anilines is 2. The van der Waals surface area contributed by atoms with Gasteiger partial charge in [-0.05, 0) is 49.2 Å². The van der Waals surface area contributed by atoms with Crippen LogP contribution in [0.3, 0.4) is 0 Å². The van der Waals surface area contributed by atoms with Crippen LogP contribution >= 0.6 is 11.8 Å². The zero-order valence-electron chi connectivity index (χ0n) is 16.4. The minimum atomic E-state index is -3.72. The van der Waals surface area contributed by atoms with E-state index in [0.29, 0.717) is 23.5 Å². The maximum Gasteiger partial charge on any atom is 0.225 e. The fourth-order valence-electron chi connectivity index (χ4n) is 3.01. The Bertz CT molecular complexity index is 1020. The van der Waals surface area contributed by atoms with Gasteiger partial charge in [-0.1, -0.05) is 19.1 Å². The molecule has 2 aromatic carbocycles. The van der Waals surface area contributed by atoms with E-state index in [1.165, 1.54) is 30.8 Å². The first-order chi connectivity index (χ1) is 13.8. The van der Waals surface area contributed by atoms with Gasteiger partial charge in [0.1, 0.15) is 0 Å². The van der Waals surface area contributed by atoms with Gasteiger partial charge in [0, 0.05) is 29.2 Å². The Labute approximate surface area is 175 Å². The third-order valence-electron chi connectivity index (χ3n) is 4.79. The number of hydrogen-bond acceptors (Lipinski definition) is 5. The Hall–Kier alpha value is -2.32. The molecule has 6 nitrogen and oxygen atoms in total. The second kappa shape index (κ2) is 9.00. The van der Waals surface area contributed by atoms with Crippen LogP contribution in [0.1, 0.15) is 32.3 Å². The van der Waals surface area contributed by atoms with E-state index in [0.717, 1.165) is 16.9 Å². The topological polar surface area (TPSA) is 92.3 Å². The van der Waals surface area contributed by atoms with Gasteiger partial charge in [-0.15, -0.1) is 11.8 Å². The van der Waals surface area contributed by atoms with Gasteiger partial charge >= 0.3 is 0 Å². The second-order valence-corrected chi connectivity index (χ2v) is 10.5. The third-order valence-corrected chi connectivity index (χ3v) is 8.00. The monoisotopic (exact) mass is 432 g/mol. The van der Waals surface area contributed by atoms with Crippen LogP contribution in [-0.2, 0) is 25.8 Å². The molecule has 0 saturated heterocycles. The maximum absolute atomic E-state index is 13.0. The molecule has 0 aromatic heterocycles. The molecule has 1 aliphatic heterocycles. The van der Waals surface area contributed by atoms with Gasteiger partial charge in [-0.3, -0.25) is 9.59 Å². The highest BCUT2D eigenvalue weighted by molar-refractivity contribution is 7.99. The Morgan fingerprint density at radius 2 is 1.93 bits per heavy atom. The fraction of sp³-hybridized carbons (Fsp3) is 0.333. The number of sulfone groups is 1. The van der Waals surface area contributed by atoms with Crippen LogP contribution < -0.4 is 10.6 Å². The van der Waals surface area contributed by atoms with E-state index in [-0.39, 0.29) is 23.1 Å². The van der Waals surface area contributed by atoms with Gasteiger partial charge in [0.2, 0.25) is 11.8 Å². The Balaban J connectivity index is 1.71. The number of hydrogen-bond donors (Lipinski definition) is 2. The number of fused-ring (bicyclic) bond motifs is 1. The molecule has 0 radical (unpaired) electrons. The van der Waals surface area contributed by atoms with Gasteiger partial charge in [0.25, 0.3) is 0 Å². The van der Waals surface area contributed by atoms with Crippen molar-refractivity contribution in [1.29, 1.82) is 0 Å². The van der Waals surface area contributed by atoms with E-state index >= 15 is 0 Å². The molecule has 3 rings (SSSR count). The predicted molar refractivity (Wildman–Crippen MR) is 116 cm³/mol. The van der Waals surface area contributed by atoms with Crippen LogP contribution in [0.4, 0.5) is 11.4 Å². The van der Waals surface area contributed by atoms with Crippen molar-refractivity contribution in [2.75, 3.05) is 16.4 Å². The molecule has 2 aromatic rings. The molecule has 1 unspecified atom stereocenters. The molecular formula is C21H24N2O4S2. The predicted octanol–water partition coefficient (Wildman–Crippen LogP) is 3.87. The highest BCUT2D eigenvalue weighted by Gasteiger charge is 2.27. The van der Waals surface area contributed by atoms with Gasteiger partial charge < -0.3 is 10.6 Å². The Morgan fingerprint density at radius 1 is 1.21 bits per heavy atom. The summed E-state index contributed by atoms with van der Waals surface area (Å²) in [6.45, 7) is 3.57. The number of rotatable bonds is 6. The van der Waals surface area contributed by atoms with Crippen molar-refractivity contribution in [3.63, 3.8) is 0 Å². The lowest BCUT2D eigenvalue weighted by molar-refractivity contribution is -0.116. The van der Waals surface area contributed by atoms with Crippen LogP contribution in [0.5, 0.6) is 0 Å². The Kier molecular flexibility index (Phi) is 6.64. The minimum Gasteiger partial charge on any atom is -0.326 e. The quantitative estimate of drug-likeness (QED) is 0.723. The lowest BCUT2D eigenvalue weighted by atomic mass is 10.1. The number of amides is 2. The van der Waals surface area contributed by atoms with Crippen LogP contribution in [0.15, 0.2) is 52.3 Å². The molecule has 1 aliphatic rings. The second-order valence-electron chi connectivity index (χ2n) is 6.96. The zero-order chi connectivity index (χ0) is 21.0. The number of carbonyl (C=O) groups is 2. The van der Waals surface area contributed by atoms with Gasteiger partial charge in [0.15, 0.2) is 9.84 Å². The summed E-state index contributed by atoms with van der Waals surface area (Å²) in [5, 5.41) is 4.60. The van der Waals surface area contributed by atoms with Crippen molar-refractivity contribution >= 4 is 44.8 Å². The number of benzene rings is 2. The first-order valence-corrected chi connectivity index (χ1v) is 12.0. The summed E-state index contributed by atoms with van der Waals surface area (Å²) in [4.78, 5) is 25.1. The third kappa shape index (κ3) is 5.19. The highest BCUT2D eigenvalue weighted by atomic mass is 32.2. The standard InChI is InChI=1S/C21H24N2O4S2/c1-3-15-4-6-16(7-5-15)22-21(25)12-14(2)29(26,27)17-8-9-19-18(13-17)23-20(24)10-11-28-19/h4-9,13-14H,3,10-12H2,1-2H3,(H,22,25)(H,23,24). The molecule has 0 aliphatic carbocycles. The van der Waals surface area contributed by atoms with Gasteiger partial charge in [-0.25, -0.2) is 8.42 Å². The van der Waals surface area contributed by atoms with E-state index in [2.05, 4.69) is 10.6 Å². The average molecular weight is 433 g/mol. The summed E-state index contributed by atoms with van der Waals surface area (Å²) < 4.78 is 25.9. The number of nitrogens with one attached hydrogen (secondary N) is 2. The molecule has 0 bridgehead atoms. The summed E-state index contributed by atoms with van der Waals surface area (Å²) in [5.41, 5.74) is 2.31. The summed E-state index contributed by atoms with van der Waals surface area (Å²) in [7, 11) is -3.72. The molecule has 2 amide bonds. The van der Waals surface area contributed by atoms with Crippen LogP contribution in [-0.4, -0.2) is 31.2 Å². The number of carbonyl (C=O) groups excluding carboxylic acids is 2. The summed E-state index contributed by atoms with van der Waals surface area (Å²) >= 11 is 1.51. The summed E-state index contributed by atoms with van der Waals surface area (Å²) in [5.74, 6) is 0.164. The minimum absolute atomic E-state index is 0.103. The largest absolute Gasteiger partial charge is 0.326 e. The van der Waals surface area contributed by atoms with E-state index in [1.807, 2.05) is 31.2 Å². The fourth-order valence-corrected chi connectivity index (χ4v) is 5.33. The molecule has 8 heteroatoms. The molecule has 154 valence electrons. The van der Waals surface area contributed by atoms with Crippen molar-refractivity contribution < 1.29 is 18.0 Å². The van der Waals surface area contributed by atoms with E-state index in [4.69, 9.17) is 0 Å². The van der Waals surface area contributed by atoms with Crippen molar-refractivity contribution in [3.8, 4) is 0 Å². The van der Waals surface area contributed by atoms with Crippen LogP contribution in [0, 0.1) is 0 Å². The summed E-state index contributed by atoms with van der Waals surface area (Å²) in [6.07, 6.45) is 1.14. The van der Waals surface area contributed by atoms with Gasteiger partial charge in [-0.2, -0.15) is 0 Å². The zero-order valence-corrected chi connectivity index (χ0v) is 18.0. The normalized spacial score (nSPS) is 15.0. The first kappa shape index (κ1) is 21.4. The average Bonchev–Trinajstić information content (AvgIpc) is 2.88. The molecule has 0 fully saturated rings. The SMILES string of the molecule is CCc1ccc(NC(=O)CC(C)S(=O)(=O)c2ccc3c(c2)NC(=O)CCS3)cc1. The van der Waals surface area contributed by atoms with Crippen molar-refractivity contribution in [2.24, 2.45) is 0 Å². The van der Waals surface area contributed by atoms with Crippen molar-refractivity contribution in [1.82, 2.24) is 0 Å². The summed E-state index contributed by atoms with van der Waals surface area (Å²) in [6, 6.07) is 12.2. The molecule has 1 atom stereocenters. The van der Waals surface area contributed by atoms with Gasteiger partial charge in [0.05, 0.1) is 15.8 Å². The molecule has 1 heterocycles. The van der Waals surface area contributed by atoms with E-state index in [9.17, 15) is 18.0 Å². The van der Waals surface area contributed by atoms with E-state index < -0.39 is 15.1 Å². The molecule has 29 heavy (non-hydrogen) atoms. The molecular weight excluding hydrogens is 408 g/mol. The maximum atomic E-state index is 13.0. The lowest BCUT2D eigenvalue weighted by Gasteiger charge is -2.15. The molecule has 0 saturated carbocycles. The van der Waals surface area contributed by atoms with Crippen LogP contribution in [0.2, 0.25) is 0 Å². The van der Waals surface area contributed by atoms with Crippen LogP contribution in [0.25, 0.3) is 0 Å². The Morgan fingerprint density at radius 3 is 2.62 bits per heavy atom. The molecule has 2 N–H and O–H groups in total. The van der Waals surface area contributed by atoms with Crippen molar-refractivity contribution in [2.45, 2.75) is 48.2 Å². The smallest absolute Gasteiger partial charge is 0.225 e. The highest BCUT2D eigenvalue weighted by Crippen LogP contribution is 2.33.